The predicted octanol–water partition coefficient (Wildman–Crippen LogP) is 0.946. The number of rotatable bonds is 18. The van der Waals surface area contributed by atoms with Gasteiger partial charge in [0.15, 0.2) is 5.96 Å². The topological polar surface area (TPSA) is 157 Å². The largest absolute Gasteiger partial charge is 0.383 e. The molecule has 0 spiro atoms. The third-order valence-corrected chi connectivity index (χ3v) is 4.31. The molecular formula is C19H39N5O3. The minimum absolute atomic E-state index is 0.0817. The van der Waals surface area contributed by atoms with Gasteiger partial charge >= 0.3 is 0 Å². The molecule has 0 radical (unpaired) electrons. The monoisotopic (exact) mass is 385 g/mol. The number of guanidine groups is 1. The fraction of sp³-hybridized carbons (Fsp3) is 0.842. The second-order valence-electron chi connectivity index (χ2n) is 6.93. The first kappa shape index (κ1) is 25.3. The lowest BCUT2D eigenvalue weighted by atomic mass is 10.1. The molecule has 0 saturated carbocycles. The Bertz CT molecular complexity index is 426. The SMILES string of the molecule is NCCCCCCCCNC(=O)C(O)CC(=O)CCCCCCN=C(N)N. The number of nitrogens with one attached hydrogen (secondary N) is 1. The maximum Gasteiger partial charge on any atom is 0.249 e. The summed E-state index contributed by atoms with van der Waals surface area (Å²) in [5, 5.41) is 12.5. The quantitative estimate of drug-likeness (QED) is 0.134. The van der Waals surface area contributed by atoms with Gasteiger partial charge in [0.1, 0.15) is 11.9 Å². The van der Waals surface area contributed by atoms with Crippen LogP contribution < -0.4 is 22.5 Å². The van der Waals surface area contributed by atoms with Crippen molar-refractivity contribution in [3.05, 3.63) is 0 Å². The first-order chi connectivity index (χ1) is 13.0. The molecular weight excluding hydrogens is 346 g/mol. The van der Waals surface area contributed by atoms with E-state index in [4.69, 9.17) is 17.2 Å². The van der Waals surface area contributed by atoms with Gasteiger partial charge in [-0.05, 0) is 32.2 Å². The highest BCUT2D eigenvalue weighted by molar-refractivity contribution is 5.88. The van der Waals surface area contributed by atoms with Crippen LogP contribution in [0.25, 0.3) is 0 Å². The summed E-state index contributed by atoms with van der Waals surface area (Å²) in [5.74, 6) is -0.439. The van der Waals surface area contributed by atoms with Crippen LogP contribution in [0.2, 0.25) is 0 Å². The molecule has 0 aromatic carbocycles. The molecule has 0 saturated heterocycles. The third-order valence-electron chi connectivity index (χ3n) is 4.31. The Kier molecular flexibility index (Phi) is 16.6. The maximum atomic E-state index is 11.8. The van der Waals surface area contributed by atoms with Crippen LogP contribution in [0, 0.1) is 0 Å². The average Bonchev–Trinajstić information content (AvgIpc) is 2.62. The van der Waals surface area contributed by atoms with Crippen molar-refractivity contribution in [3.8, 4) is 0 Å². The van der Waals surface area contributed by atoms with Gasteiger partial charge in [-0.1, -0.05) is 38.5 Å². The van der Waals surface area contributed by atoms with E-state index in [0.717, 1.165) is 70.8 Å². The zero-order valence-electron chi connectivity index (χ0n) is 16.6. The first-order valence-electron chi connectivity index (χ1n) is 10.2. The molecule has 0 aliphatic rings. The van der Waals surface area contributed by atoms with Gasteiger partial charge in [-0.3, -0.25) is 14.6 Å². The number of unbranched alkanes of at least 4 members (excludes halogenated alkanes) is 8. The lowest BCUT2D eigenvalue weighted by Crippen LogP contribution is -2.36. The Hall–Kier alpha value is -1.67. The summed E-state index contributed by atoms with van der Waals surface area (Å²) in [6.45, 7) is 1.88. The number of aliphatic imine (C=N–C) groups is 1. The van der Waals surface area contributed by atoms with Gasteiger partial charge in [-0.25, -0.2) is 0 Å². The van der Waals surface area contributed by atoms with Crippen molar-refractivity contribution < 1.29 is 14.7 Å². The van der Waals surface area contributed by atoms with E-state index in [-0.39, 0.29) is 18.2 Å². The van der Waals surface area contributed by atoms with Crippen LogP contribution in [0.5, 0.6) is 0 Å². The highest BCUT2D eigenvalue weighted by atomic mass is 16.3. The number of aliphatic hydroxyl groups is 1. The van der Waals surface area contributed by atoms with Crippen molar-refractivity contribution in [2.24, 2.45) is 22.2 Å². The summed E-state index contributed by atoms with van der Waals surface area (Å²) in [5.41, 5.74) is 15.9. The Morgan fingerprint density at radius 1 is 0.889 bits per heavy atom. The zero-order valence-corrected chi connectivity index (χ0v) is 16.6. The van der Waals surface area contributed by atoms with Crippen LogP contribution >= 0.6 is 0 Å². The van der Waals surface area contributed by atoms with Crippen molar-refractivity contribution in [1.29, 1.82) is 0 Å². The van der Waals surface area contributed by atoms with E-state index in [1.807, 2.05) is 0 Å². The minimum Gasteiger partial charge on any atom is -0.383 e. The number of amides is 1. The van der Waals surface area contributed by atoms with Crippen molar-refractivity contribution in [1.82, 2.24) is 5.32 Å². The minimum atomic E-state index is -1.25. The summed E-state index contributed by atoms with van der Waals surface area (Å²) in [7, 11) is 0. The molecule has 8 N–H and O–H groups in total. The van der Waals surface area contributed by atoms with Gasteiger partial charge in [0, 0.05) is 25.9 Å². The second kappa shape index (κ2) is 17.7. The molecule has 0 heterocycles. The van der Waals surface area contributed by atoms with Crippen LogP contribution in [0.3, 0.4) is 0 Å². The molecule has 27 heavy (non-hydrogen) atoms. The molecule has 0 aromatic heterocycles. The normalized spacial score (nSPS) is 11.8. The zero-order chi connectivity index (χ0) is 20.3. The third kappa shape index (κ3) is 17.5. The van der Waals surface area contributed by atoms with Crippen molar-refractivity contribution >= 4 is 17.6 Å². The van der Waals surface area contributed by atoms with E-state index < -0.39 is 12.0 Å². The standard InChI is InChI=1S/C19H39N5O3/c20-12-8-4-1-2-5-9-13-23-18(27)17(26)15-16(25)11-7-3-6-10-14-24-19(21)22/h17,26H,1-15,20H2,(H,23,27)(H4,21,22,24). The summed E-state index contributed by atoms with van der Waals surface area (Å²) >= 11 is 0. The Balaban J connectivity index is 3.59. The van der Waals surface area contributed by atoms with Crippen molar-refractivity contribution in [2.45, 2.75) is 83.2 Å². The molecule has 0 rings (SSSR count). The van der Waals surface area contributed by atoms with Gasteiger partial charge in [0.05, 0.1) is 0 Å². The molecule has 0 aliphatic heterocycles. The second-order valence-corrected chi connectivity index (χ2v) is 6.93. The van der Waals surface area contributed by atoms with Crippen LogP contribution in [-0.2, 0) is 9.59 Å². The Labute approximate surface area is 163 Å². The van der Waals surface area contributed by atoms with Gasteiger partial charge in [0.25, 0.3) is 0 Å². The van der Waals surface area contributed by atoms with Crippen molar-refractivity contribution in [2.75, 3.05) is 19.6 Å². The molecule has 0 bridgehead atoms. The highest BCUT2D eigenvalue weighted by Gasteiger charge is 2.18. The van der Waals surface area contributed by atoms with Gasteiger partial charge < -0.3 is 27.6 Å². The Morgan fingerprint density at radius 3 is 2.15 bits per heavy atom. The number of nitrogens with zero attached hydrogens (tertiary/aromatic N) is 1. The van der Waals surface area contributed by atoms with Gasteiger partial charge in [-0.15, -0.1) is 0 Å². The fourth-order valence-electron chi connectivity index (χ4n) is 2.71. The van der Waals surface area contributed by atoms with E-state index in [9.17, 15) is 14.7 Å². The summed E-state index contributed by atoms with van der Waals surface area (Å²) in [6.07, 6.45) is 8.94. The van der Waals surface area contributed by atoms with Crippen LogP contribution in [-0.4, -0.2) is 48.5 Å². The number of hydrogen-bond donors (Lipinski definition) is 5. The first-order valence-corrected chi connectivity index (χ1v) is 10.2. The van der Waals surface area contributed by atoms with E-state index in [2.05, 4.69) is 10.3 Å². The fourth-order valence-corrected chi connectivity index (χ4v) is 2.71. The molecule has 8 nitrogen and oxygen atoms in total. The van der Waals surface area contributed by atoms with E-state index in [1.54, 1.807) is 0 Å². The molecule has 1 amide bonds. The molecule has 158 valence electrons. The molecule has 0 aliphatic carbocycles. The molecule has 0 fully saturated rings. The number of carbonyl (C=O) groups excluding carboxylic acids is 2. The highest BCUT2D eigenvalue weighted by Crippen LogP contribution is 2.07. The van der Waals surface area contributed by atoms with E-state index in [0.29, 0.717) is 19.5 Å². The van der Waals surface area contributed by atoms with Gasteiger partial charge in [-0.2, -0.15) is 0 Å². The smallest absolute Gasteiger partial charge is 0.249 e. The number of Topliss-reactive ketones (excluding diaryl/α,β-unsaturated/α-hetero) is 1. The summed E-state index contributed by atoms with van der Waals surface area (Å²) in [6, 6.07) is 0. The number of nitrogens with two attached hydrogens (primary N) is 3. The Morgan fingerprint density at radius 2 is 1.48 bits per heavy atom. The van der Waals surface area contributed by atoms with E-state index in [1.165, 1.54) is 0 Å². The molecule has 1 unspecified atom stereocenters. The van der Waals surface area contributed by atoms with Crippen LogP contribution in [0.4, 0.5) is 0 Å². The lowest BCUT2D eigenvalue weighted by molar-refractivity contribution is -0.133. The number of hydrogen-bond acceptors (Lipinski definition) is 5. The molecule has 1 atom stereocenters. The van der Waals surface area contributed by atoms with E-state index >= 15 is 0 Å². The summed E-state index contributed by atoms with van der Waals surface area (Å²) < 4.78 is 0. The van der Waals surface area contributed by atoms with Crippen LogP contribution in [0.15, 0.2) is 4.99 Å². The number of ketones is 1. The average molecular weight is 386 g/mol. The molecule has 8 heteroatoms. The van der Waals surface area contributed by atoms with Gasteiger partial charge in [0.2, 0.25) is 5.91 Å². The lowest BCUT2D eigenvalue weighted by Gasteiger charge is -2.11. The predicted molar refractivity (Wildman–Crippen MR) is 109 cm³/mol. The number of carbonyl (C=O) groups is 2. The number of aliphatic hydroxyl groups excluding tert-OH is 1. The van der Waals surface area contributed by atoms with Crippen LogP contribution in [0.1, 0.15) is 77.0 Å². The molecule has 0 aromatic rings. The maximum absolute atomic E-state index is 11.8. The van der Waals surface area contributed by atoms with Crippen molar-refractivity contribution in [3.63, 3.8) is 0 Å². The summed E-state index contributed by atoms with van der Waals surface area (Å²) in [4.78, 5) is 27.5.